The third-order valence-electron chi connectivity index (χ3n) is 2.87. The summed E-state index contributed by atoms with van der Waals surface area (Å²) in [7, 11) is 0. The van der Waals surface area contributed by atoms with Crippen LogP contribution in [-0.2, 0) is 4.74 Å². The van der Waals surface area contributed by atoms with Gasteiger partial charge in [-0.2, -0.15) is 0 Å². The number of hydrogen-bond acceptors (Lipinski definition) is 3. The highest BCUT2D eigenvalue weighted by atomic mass is 16.5. The van der Waals surface area contributed by atoms with Gasteiger partial charge in [0.15, 0.2) is 0 Å². The Bertz CT molecular complexity index is 412. The lowest BCUT2D eigenvalue weighted by atomic mass is 10.1. The maximum Gasteiger partial charge on any atom is 0.130 e. The summed E-state index contributed by atoms with van der Waals surface area (Å²) in [5.74, 6) is 0.703. The Morgan fingerprint density at radius 2 is 2.41 bits per heavy atom. The number of amidine groups is 1. The van der Waals surface area contributed by atoms with E-state index in [2.05, 4.69) is 0 Å². The molecule has 1 aliphatic rings. The highest BCUT2D eigenvalue weighted by Crippen LogP contribution is 2.21. The number of benzene rings is 1. The minimum atomic E-state index is 0.0380. The molecule has 17 heavy (non-hydrogen) atoms. The number of nitrogens with two attached hydrogens (primary N) is 1. The van der Waals surface area contributed by atoms with E-state index in [1.165, 1.54) is 0 Å². The first-order valence-electron chi connectivity index (χ1n) is 5.86. The molecule has 0 spiro atoms. The fraction of sp³-hybridized carbons (Fsp3) is 0.462. The van der Waals surface area contributed by atoms with Crippen LogP contribution in [0.15, 0.2) is 18.2 Å². The second-order valence-electron chi connectivity index (χ2n) is 4.36. The van der Waals surface area contributed by atoms with Crippen molar-refractivity contribution < 1.29 is 9.47 Å². The summed E-state index contributed by atoms with van der Waals surface area (Å²) in [6, 6.07) is 5.69. The lowest BCUT2D eigenvalue weighted by molar-refractivity contribution is 0.0679. The standard InChI is InChI=1S/C13H18N2O2/c1-9-4-5-12(11(7-9)13(14)15)17-8-10-3-2-6-16-10/h4-5,7,10H,2-3,6,8H2,1H3,(H3,14,15). The van der Waals surface area contributed by atoms with E-state index in [0.29, 0.717) is 17.9 Å². The van der Waals surface area contributed by atoms with Gasteiger partial charge in [0.05, 0.1) is 11.7 Å². The molecule has 1 aromatic carbocycles. The smallest absolute Gasteiger partial charge is 0.130 e. The fourth-order valence-corrected chi connectivity index (χ4v) is 1.94. The van der Waals surface area contributed by atoms with Gasteiger partial charge < -0.3 is 15.2 Å². The Labute approximate surface area is 101 Å². The van der Waals surface area contributed by atoms with Gasteiger partial charge >= 0.3 is 0 Å². The van der Waals surface area contributed by atoms with Gasteiger partial charge in [0.1, 0.15) is 18.2 Å². The van der Waals surface area contributed by atoms with Crippen LogP contribution in [-0.4, -0.2) is 25.2 Å². The largest absolute Gasteiger partial charge is 0.490 e. The maximum atomic E-state index is 7.53. The zero-order valence-electron chi connectivity index (χ0n) is 10.0. The van der Waals surface area contributed by atoms with Crippen LogP contribution < -0.4 is 10.5 Å². The second kappa shape index (κ2) is 5.19. The fourth-order valence-electron chi connectivity index (χ4n) is 1.94. The summed E-state index contributed by atoms with van der Waals surface area (Å²) >= 11 is 0. The second-order valence-corrected chi connectivity index (χ2v) is 4.36. The molecule has 1 fully saturated rings. The molecule has 2 rings (SSSR count). The monoisotopic (exact) mass is 234 g/mol. The van der Waals surface area contributed by atoms with Crippen molar-refractivity contribution in [2.24, 2.45) is 5.73 Å². The predicted octanol–water partition coefficient (Wildman–Crippen LogP) is 1.84. The Morgan fingerprint density at radius 3 is 3.06 bits per heavy atom. The molecule has 0 amide bonds. The number of aryl methyl sites for hydroxylation is 1. The molecule has 0 saturated carbocycles. The summed E-state index contributed by atoms with van der Waals surface area (Å²) in [5.41, 5.74) is 7.26. The molecule has 0 bridgehead atoms. The van der Waals surface area contributed by atoms with Gasteiger partial charge in [-0.3, -0.25) is 5.41 Å². The molecular weight excluding hydrogens is 216 g/mol. The molecule has 1 unspecified atom stereocenters. The number of rotatable bonds is 4. The van der Waals surface area contributed by atoms with Crippen molar-refractivity contribution in [2.75, 3.05) is 13.2 Å². The third kappa shape index (κ3) is 2.97. The normalized spacial score (nSPS) is 19.2. The Kier molecular flexibility index (Phi) is 3.64. The average molecular weight is 234 g/mol. The first-order chi connectivity index (χ1) is 8.16. The van der Waals surface area contributed by atoms with Gasteiger partial charge in [0.25, 0.3) is 0 Å². The molecule has 0 aromatic heterocycles. The van der Waals surface area contributed by atoms with E-state index in [1.54, 1.807) is 0 Å². The first kappa shape index (κ1) is 11.9. The molecule has 1 atom stereocenters. The number of ether oxygens (including phenoxy) is 2. The van der Waals surface area contributed by atoms with Gasteiger partial charge in [-0.05, 0) is 31.9 Å². The number of hydrogen-bond donors (Lipinski definition) is 2. The van der Waals surface area contributed by atoms with Gasteiger partial charge in [-0.15, -0.1) is 0 Å². The molecule has 3 N–H and O–H groups in total. The predicted molar refractivity (Wildman–Crippen MR) is 66.7 cm³/mol. The van der Waals surface area contributed by atoms with E-state index in [4.69, 9.17) is 20.6 Å². The van der Waals surface area contributed by atoms with Crippen molar-refractivity contribution >= 4 is 5.84 Å². The maximum absolute atomic E-state index is 7.53. The van der Waals surface area contributed by atoms with E-state index in [9.17, 15) is 0 Å². The SMILES string of the molecule is Cc1ccc(OCC2CCCO2)c(C(=N)N)c1. The molecule has 1 aromatic rings. The van der Waals surface area contributed by atoms with Crippen molar-refractivity contribution in [1.82, 2.24) is 0 Å². The van der Waals surface area contributed by atoms with Gasteiger partial charge in [0, 0.05) is 6.61 Å². The topological polar surface area (TPSA) is 68.3 Å². The van der Waals surface area contributed by atoms with Crippen molar-refractivity contribution in [1.29, 1.82) is 5.41 Å². The molecule has 1 heterocycles. The molecular formula is C13H18N2O2. The van der Waals surface area contributed by atoms with E-state index in [0.717, 1.165) is 25.0 Å². The Hall–Kier alpha value is -1.55. The van der Waals surface area contributed by atoms with Crippen LogP contribution in [0.2, 0.25) is 0 Å². The summed E-state index contributed by atoms with van der Waals surface area (Å²) in [5, 5.41) is 7.53. The Balaban J connectivity index is 2.06. The lowest BCUT2D eigenvalue weighted by Gasteiger charge is -2.14. The quantitative estimate of drug-likeness (QED) is 0.617. The van der Waals surface area contributed by atoms with Gasteiger partial charge in [0.2, 0.25) is 0 Å². The molecule has 0 radical (unpaired) electrons. The van der Waals surface area contributed by atoms with Gasteiger partial charge in [-0.1, -0.05) is 11.6 Å². The van der Waals surface area contributed by atoms with Crippen LogP contribution in [0, 0.1) is 12.3 Å². The molecule has 4 heteroatoms. The Morgan fingerprint density at radius 1 is 1.59 bits per heavy atom. The first-order valence-corrected chi connectivity index (χ1v) is 5.86. The van der Waals surface area contributed by atoms with Crippen LogP contribution in [0.5, 0.6) is 5.75 Å². The zero-order valence-corrected chi connectivity index (χ0v) is 10.0. The average Bonchev–Trinajstić information content (AvgIpc) is 2.80. The highest BCUT2D eigenvalue weighted by molar-refractivity contribution is 5.97. The molecule has 1 aliphatic heterocycles. The van der Waals surface area contributed by atoms with Gasteiger partial charge in [-0.25, -0.2) is 0 Å². The molecule has 0 aliphatic carbocycles. The van der Waals surface area contributed by atoms with Crippen molar-refractivity contribution in [3.63, 3.8) is 0 Å². The summed E-state index contributed by atoms with van der Waals surface area (Å²) in [4.78, 5) is 0. The van der Waals surface area contributed by atoms with Crippen LogP contribution in [0.1, 0.15) is 24.0 Å². The third-order valence-corrected chi connectivity index (χ3v) is 2.87. The highest BCUT2D eigenvalue weighted by Gasteiger charge is 2.17. The summed E-state index contributed by atoms with van der Waals surface area (Å²) in [6.45, 7) is 3.32. The summed E-state index contributed by atoms with van der Waals surface area (Å²) in [6.07, 6.45) is 2.32. The van der Waals surface area contributed by atoms with Crippen molar-refractivity contribution in [3.8, 4) is 5.75 Å². The number of nitrogens with one attached hydrogen (secondary N) is 1. The van der Waals surface area contributed by atoms with E-state index < -0.39 is 0 Å². The van der Waals surface area contributed by atoms with Crippen molar-refractivity contribution in [2.45, 2.75) is 25.9 Å². The van der Waals surface area contributed by atoms with Crippen LogP contribution >= 0.6 is 0 Å². The van der Waals surface area contributed by atoms with Crippen molar-refractivity contribution in [3.05, 3.63) is 29.3 Å². The molecule has 4 nitrogen and oxygen atoms in total. The van der Waals surface area contributed by atoms with Crippen LogP contribution in [0.25, 0.3) is 0 Å². The summed E-state index contributed by atoms with van der Waals surface area (Å²) < 4.78 is 11.2. The minimum absolute atomic E-state index is 0.0380. The molecule has 1 saturated heterocycles. The number of nitrogen functional groups attached to an aromatic ring is 1. The van der Waals surface area contributed by atoms with E-state index in [-0.39, 0.29) is 11.9 Å². The molecule has 92 valence electrons. The van der Waals surface area contributed by atoms with E-state index in [1.807, 2.05) is 25.1 Å². The lowest BCUT2D eigenvalue weighted by Crippen LogP contribution is -2.19. The zero-order chi connectivity index (χ0) is 12.3. The minimum Gasteiger partial charge on any atom is -0.490 e. The van der Waals surface area contributed by atoms with E-state index >= 15 is 0 Å². The van der Waals surface area contributed by atoms with Crippen LogP contribution in [0.3, 0.4) is 0 Å². The van der Waals surface area contributed by atoms with Crippen LogP contribution in [0.4, 0.5) is 0 Å².